The van der Waals surface area contributed by atoms with Crippen molar-refractivity contribution in [2.24, 2.45) is 11.3 Å². The summed E-state index contributed by atoms with van der Waals surface area (Å²) < 4.78 is 0. The molecule has 0 amide bonds. The molecule has 3 unspecified atom stereocenters. The van der Waals surface area contributed by atoms with E-state index in [1.807, 2.05) is 6.08 Å². The summed E-state index contributed by atoms with van der Waals surface area (Å²) in [5.41, 5.74) is 7.69. The van der Waals surface area contributed by atoms with Gasteiger partial charge in [-0.15, -0.1) is 0 Å². The lowest BCUT2D eigenvalue weighted by Gasteiger charge is -2.47. The monoisotopic (exact) mass is 631 g/mol. The average molecular weight is 632 g/mol. The van der Waals surface area contributed by atoms with Crippen molar-refractivity contribution in [3.05, 3.63) is 168 Å². The summed E-state index contributed by atoms with van der Waals surface area (Å²) in [4.78, 5) is 2.62. The van der Waals surface area contributed by atoms with Crippen molar-refractivity contribution < 1.29 is 0 Å². The minimum atomic E-state index is -0.0540. The van der Waals surface area contributed by atoms with Crippen molar-refractivity contribution in [3.63, 3.8) is 0 Å². The highest BCUT2D eigenvalue weighted by Gasteiger charge is 2.42. The zero-order chi connectivity index (χ0) is 33.1. The van der Waals surface area contributed by atoms with E-state index in [1.54, 1.807) is 0 Å². The van der Waals surface area contributed by atoms with E-state index in [1.165, 1.54) is 71.2 Å². The fourth-order valence-corrected chi connectivity index (χ4v) is 9.11. The van der Waals surface area contributed by atoms with E-state index >= 15 is 0 Å². The minimum absolute atomic E-state index is 0.0540. The molecule has 0 radical (unpaired) electrons. The lowest BCUT2D eigenvalue weighted by molar-refractivity contribution is 0.290. The van der Waals surface area contributed by atoms with Gasteiger partial charge < -0.3 is 4.90 Å². The molecule has 49 heavy (non-hydrogen) atoms. The molecule has 3 aliphatic carbocycles. The molecule has 9 rings (SSSR count). The summed E-state index contributed by atoms with van der Waals surface area (Å²) in [5.74, 6) is 0.512. The van der Waals surface area contributed by atoms with Gasteiger partial charge in [-0.05, 0) is 115 Å². The number of hydrogen-bond acceptors (Lipinski definition) is 1. The van der Waals surface area contributed by atoms with Gasteiger partial charge in [0.25, 0.3) is 0 Å². The van der Waals surface area contributed by atoms with Crippen molar-refractivity contribution >= 4 is 66.6 Å². The van der Waals surface area contributed by atoms with Crippen LogP contribution in [0.15, 0.2) is 152 Å². The Bertz CT molecular complexity index is 2470. The van der Waals surface area contributed by atoms with E-state index in [0.717, 1.165) is 24.8 Å². The number of anilines is 2. The van der Waals surface area contributed by atoms with Crippen molar-refractivity contribution in [2.75, 3.05) is 4.90 Å². The summed E-state index contributed by atoms with van der Waals surface area (Å²) in [5, 5.41) is 10.6. The van der Waals surface area contributed by atoms with Gasteiger partial charge in [-0.2, -0.15) is 0 Å². The number of nitrogens with zero attached hydrogens (tertiary/aromatic N) is 1. The molecule has 0 aliphatic heterocycles. The van der Waals surface area contributed by atoms with Crippen LogP contribution >= 0.6 is 0 Å². The van der Waals surface area contributed by atoms with E-state index in [9.17, 15) is 0 Å². The van der Waals surface area contributed by atoms with Crippen LogP contribution in [0.3, 0.4) is 0 Å². The molecular weight excluding hydrogens is 591 g/mol. The van der Waals surface area contributed by atoms with E-state index in [4.69, 9.17) is 0 Å². The molecule has 0 heterocycles. The van der Waals surface area contributed by atoms with Gasteiger partial charge in [0.2, 0.25) is 0 Å². The Kier molecular flexibility index (Phi) is 7.06. The van der Waals surface area contributed by atoms with Crippen molar-refractivity contribution in [1.82, 2.24) is 0 Å². The molecule has 0 saturated heterocycles. The molecule has 0 saturated carbocycles. The first kappa shape index (κ1) is 29.7. The molecular formula is C48H41N. The molecule has 6 aromatic rings. The van der Waals surface area contributed by atoms with Crippen molar-refractivity contribution in [3.8, 4) is 0 Å². The van der Waals surface area contributed by atoms with Crippen LogP contribution in [0, 0.1) is 11.3 Å². The smallest absolute Gasteiger partial charge is 0.0616 e. The Balaban J connectivity index is 1.39. The molecule has 1 nitrogen and oxygen atoms in total. The normalized spacial score (nSPS) is 21.4. The van der Waals surface area contributed by atoms with Crippen LogP contribution in [-0.4, -0.2) is 6.04 Å². The fraction of sp³-hybridized carbons (Fsp3) is 0.167. The Hall–Kier alpha value is -5.40. The molecule has 1 heteroatoms. The number of hydrogen-bond donors (Lipinski definition) is 0. The molecule has 0 bridgehead atoms. The molecule has 0 N–H and O–H groups in total. The maximum Gasteiger partial charge on any atom is 0.0616 e. The molecule has 6 aromatic carbocycles. The average Bonchev–Trinajstić information content (AvgIpc) is 3.48. The maximum absolute atomic E-state index is 4.04. The van der Waals surface area contributed by atoms with Gasteiger partial charge in [-0.1, -0.05) is 148 Å². The lowest BCUT2D eigenvalue weighted by atomic mass is 9.66. The first-order valence-electron chi connectivity index (χ1n) is 17.8. The fourth-order valence-electron chi connectivity index (χ4n) is 9.11. The molecule has 3 atom stereocenters. The molecule has 0 aromatic heterocycles. The van der Waals surface area contributed by atoms with Crippen LogP contribution in [0.25, 0.3) is 55.2 Å². The minimum Gasteiger partial charge on any atom is -0.334 e. The zero-order valence-electron chi connectivity index (χ0n) is 28.4. The van der Waals surface area contributed by atoms with Crippen LogP contribution in [0.2, 0.25) is 0 Å². The number of rotatable bonds is 4. The summed E-state index contributed by atoms with van der Waals surface area (Å²) in [6.07, 6.45) is 26.0. The Morgan fingerprint density at radius 2 is 1.43 bits per heavy atom. The molecule has 3 aliphatic rings. The van der Waals surface area contributed by atoms with Gasteiger partial charge in [-0.25, -0.2) is 0 Å². The topological polar surface area (TPSA) is 3.24 Å². The zero-order valence-corrected chi connectivity index (χ0v) is 28.4. The third-order valence-corrected chi connectivity index (χ3v) is 11.4. The third-order valence-electron chi connectivity index (χ3n) is 11.4. The third kappa shape index (κ3) is 4.67. The quantitative estimate of drug-likeness (QED) is 0.138. The first-order chi connectivity index (χ1) is 24.0. The van der Waals surface area contributed by atoms with Gasteiger partial charge in [0.05, 0.1) is 6.04 Å². The van der Waals surface area contributed by atoms with Crippen LogP contribution in [-0.2, 0) is 6.42 Å². The second kappa shape index (κ2) is 11.6. The van der Waals surface area contributed by atoms with Gasteiger partial charge in [-0.3, -0.25) is 0 Å². The van der Waals surface area contributed by atoms with Crippen LogP contribution < -0.4 is 4.90 Å². The van der Waals surface area contributed by atoms with Crippen molar-refractivity contribution in [1.29, 1.82) is 0 Å². The Morgan fingerprint density at radius 3 is 2.22 bits per heavy atom. The number of fused-ring (bicyclic) bond motifs is 12. The predicted molar refractivity (Wildman–Crippen MR) is 214 cm³/mol. The number of benzene rings is 6. The summed E-state index contributed by atoms with van der Waals surface area (Å²) in [7, 11) is 0. The molecule has 0 fully saturated rings. The summed E-state index contributed by atoms with van der Waals surface area (Å²) in [6, 6.07) is 34.4. The van der Waals surface area contributed by atoms with Crippen LogP contribution in [0.4, 0.5) is 11.4 Å². The highest BCUT2D eigenvalue weighted by molar-refractivity contribution is 6.33. The van der Waals surface area contributed by atoms with Gasteiger partial charge >= 0.3 is 0 Å². The maximum atomic E-state index is 4.04. The Morgan fingerprint density at radius 1 is 0.714 bits per heavy atom. The second-order valence-electron chi connectivity index (χ2n) is 14.3. The SMILES string of the molecule is C=Cc1ccc(N(c2ccc3c4ccccc4c4c5ccccc5c5c(c4c3c2)CC=CC=C5)C2C=CCC=C3C=CC(C)CC32C)cc1. The van der Waals surface area contributed by atoms with Gasteiger partial charge in [0, 0.05) is 16.8 Å². The molecule has 0 spiro atoms. The van der Waals surface area contributed by atoms with Gasteiger partial charge in [0.1, 0.15) is 0 Å². The lowest BCUT2D eigenvalue weighted by Crippen LogP contribution is -2.45. The standard InChI is InChI=1S/C48H41N/c1-4-33-23-26-35(27-24-33)49(45-21-13-8-14-34-25-22-32(2)31-48(34,45)3)36-28-29-40-39-17-10-12-20-42(39)46-41-19-11-9-16-38(41)37-15-6-5-7-18-43(37)47(46)44(40)30-36/h4-7,9-17,19-30,32,45H,1,8,18,31H2,2-3H3. The highest BCUT2D eigenvalue weighted by atomic mass is 15.2. The van der Waals surface area contributed by atoms with Crippen molar-refractivity contribution in [2.45, 2.75) is 39.2 Å². The van der Waals surface area contributed by atoms with E-state index in [-0.39, 0.29) is 11.5 Å². The highest BCUT2D eigenvalue weighted by Crippen LogP contribution is 2.50. The van der Waals surface area contributed by atoms with E-state index < -0.39 is 0 Å². The van der Waals surface area contributed by atoms with Crippen LogP contribution in [0.1, 0.15) is 43.4 Å². The van der Waals surface area contributed by atoms with E-state index in [0.29, 0.717) is 5.92 Å². The largest absolute Gasteiger partial charge is 0.334 e. The summed E-state index contributed by atoms with van der Waals surface area (Å²) in [6.45, 7) is 8.89. The van der Waals surface area contributed by atoms with Crippen LogP contribution in [0.5, 0.6) is 0 Å². The number of allylic oxidation sites excluding steroid dienone is 7. The predicted octanol–water partition coefficient (Wildman–Crippen LogP) is 13.1. The molecule has 238 valence electrons. The Labute approximate surface area is 289 Å². The second-order valence-corrected chi connectivity index (χ2v) is 14.3. The first-order valence-corrected chi connectivity index (χ1v) is 17.8. The van der Waals surface area contributed by atoms with Gasteiger partial charge in [0.15, 0.2) is 0 Å². The summed E-state index contributed by atoms with van der Waals surface area (Å²) >= 11 is 0. The van der Waals surface area contributed by atoms with E-state index in [2.05, 4.69) is 171 Å².